The number of rotatable bonds is 6. The van der Waals surface area contributed by atoms with Gasteiger partial charge < -0.3 is 4.74 Å². The Labute approximate surface area is 137 Å². The van der Waals surface area contributed by atoms with Crippen LogP contribution in [0.2, 0.25) is 0 Å². The Morgan fingerprint density at radius 2 is 2.17 bits per heavy atom. The lowest BCUT2D eigenvalue weighted by Gasteiger charge is -2.33. The van der Waals surface area contributed by atoms with E-state index in [1.54, 1.807) is 6.92 Å². The highest BCUT2D eigenvalue weighted by molar-refractivity contribution is 7.89. The summed E-state index contributed by atoms with van der Waals surface area (Å²) < 4.78 is 46.2. The Morgan fingerprint density at radius 3 is 2.87 bits per heavy atom. The van der Waals surface area contributed by atoms with Gasteiger partial charge in [-0.05, 0) is 30.5 Å². The molecule has 0 unspecified atom stereocenters. The molecule has 0 spiro atoms. The monoisotopic (exact) mass is 344 g/mol. The molecule has 130 valence electrons. The summed E-state index contributed by atoms with van der Waals surface area (Å²) >= 11 is 0. The van der Waals surface area contributed by atoms with Crippen molar-refractivity contribution in [2.45, 2.75) is 31.8 Å². The summed E-state index contributed by atoms with van der Waals surface area (Å²) in [5, 5.41) is 0. The van der Waals surface area contributed by atoms with E-state index in [0.717, 1.165) is 19.2 Å². The zero-order valence-electron chi connectivity index (χ0n) is 13.9. The number of morpholine rings is 1. The van der Waals surface area contributed by atoms with Gasteiger partial charge >= 0.3 is 0 Å². The van der Waals surface area contributed by atoms with Crippen molar-refractivity contribution in [3.8, 4) is 0 Å². The van der Waals surface area contributed by atoms with Gasteiger partial charge in [-0.1, -0.05) is 19.9 Å². The van der Waals surface area contributed by atoms with Crippen LogP contribution in [-0.4, -0.2) is 52.2 Å². The van der Waals surface area contributed by atoms with E-state index in [4.69, 9.17) is 4.74 Å². The number of aryl methyl sites for hydroxylation is 1. The maximum atomic E-state index is 13.3. The Bertz CT molecular complexity index is 634. The molecule has 5 nitrogen and oxygen atoms in total. The average molecular weight is 344 g/mol. The minimum Gasteiger partial charge on any atom is -0.374 e. The number of ether oxygens (including phenoxy) is 1. The van der Waals surface area contributed by atoms with Crippen molar-refractivity contribution in [2.24, 2.45) is 5.92 Å². The van der Waals surface area contributed by atoms with E-state index in [0.29, 0.717) is 24.6 Å². The number of nitrogens with zero attached hydrogens (tertiary/aromatic N) is 1. The van der Waals surface area contributed by atoms with Crippen molar-refractivity contribution in [1.82, 2.24) is 9.62 Å². The van der Waals surface area contributed by atoms with Crippen LogP contribution < -0.4 is 4.72 Å². The van der Waals surface area contributed by atoms with E-state index >= 15 is 0 Å². The van der Waals surface area contributed by atoms with Gasteiger partial charge in [0.25, 0.3) is 0 Å². The first kappa shape index (κ1) is 18.3. The Hall–Kier alpha value is -1.02. The van der Waals surface area contributed by atoms with E-state index < -0.39 is 15.8 Å². The summed E-state index contributed by atoms with van der Waals surface area (Å²) in [6.45, 7) is 9.27. The predicted octanol–water partition coefficient (Wildman–Crippen LogP) is 1.77. The third kappa shape index (κ3) is 5.24. The molecule has 1 heterocycles. The van der Waals surface area contributed by atoms with Crippen LogP contribution in [-0.2, 0) is 14.8 Å². The summed E-state index contributed by atoms with van der Waals surface area (Å²) in [6, 6.07) is 3.76. The van der Waals surface area contributed by atoms with E-state index in [2.05, 4.69) is 23.5 Å². The highest BCUT2D eigenvalue weighted by atomic mass is 32.2. The molecule has 0 aromatic heterocycles. The summed E-state index contributed by atoms with van der Waals surface area (Å²) in [5.74, 6) is -0.00612. The second-order valence-electron chi connectivity index (χ2n) is 6.41. The fourth-order valence-corrected chi connectivity index (χ4v) is 4.05. The van der Waals surface area contributed by atoms with E-state index in [1.165, 1.54) is 12.1 Å². The fraction of sp³-hybridized carbons (Fsp3) is 0.625. The van der Waals surface area contributed by atoms with Crippen molar-refractivity contribution < 1.29 is 17.5 Å². The van der Waals surface area contributed by atoms with Gasteiger partial charge in [0.2, 0.25) is 10.0 Å². The molecular weight excluding hydrogens is 319 g/mol. The molecule has 1 aliphatic rings. The average Bonchev–Trinajstić information content (AvgIpc) is 2.47. The molecule has 1 atom stereocenters. The molecule has 0 amide bonds. The SMILES string of the molecule is Cc1ccc(F)cc1S(=O)(=O)NC[C@H]1CN(CC(C)C)CCO1. The Balaban J connectivity index is 1.97. The summed E-state index contributed by atoms with van der Waals surface area (Å²) in [5.41, 5.74) is 0.518. The van der Waals surface area contributed by atoms with Crippen LogP contribution in [0.3, 0.4) is 0 Å². The van der Waals surface area contributed by atoms with Gasteiger partial charge in [0.1, 0.15) is 5.82 Å². The second kappa shape index (κ2) is 7.70. The lowest BCUT2D eigenvalue weighted by molar-refractivity contribution is -0.0280. The molecule has 0 radical (unpaired) electrons. The smallest absolute Gasteiger partial charge is 0.241 e. The van der Waals surface area contributed by atoms with Crippen molar-refractivity contribution in [2.75, 3.05) is 32.8 Å². The van der Waals surface area contributed by atoms with E-state index in [-0.39, 0.29) is 17.5 Å². The molecule has 1 aromatic rings. The number of nitrogens with one attached hydrogen (secondary N) is 1. The zero-order chi connectivity index (χ0) is 17.0. The van der Waals surface area contributed by atoms with Crippen LogP contribution in [0.1, 0.15) is 19.4 Å². The number of sulfonamides is 1. The van der Waals surface area contributed by atoms with Crippen LogP contribution in [0.15, 0.2) is 23.1 Å². The number of hydrogen-bond acceptors (Lipinski definition) is 4. The first-order valence-corrected chi connectivity index (χ1v) is 9.36. The van der Waals surface area contributed by atoms with Gasteiger partial charge in [0.05, 0.1) is 17.6 Å². The van der Waals surface area contributed by atoms with Gasteiger partial charge in [0, 0.05) is 26.2 Å². The number of hydrogen-bond donors (Lipinski definition) is 1. The topological polar surface area (TPSA) is 58.6 Å². The van der Waals surface area contributed by atoms with Crippen LogP contribution in [0.5, 0.6) is 0 Å². The molecule has 0 bridgehead atoms. The Morgan fingerprint density at radius 1 is 1.43 bits per heavy atom. The quantitative estimate of drug-likeness (QED) is 0.854. The molecule has 1 fully saturated rings. The highest BCUT2D eigenvalue weighted by Crippen LogP contribution is 2.16. The van der Waals surface area contributed by atoms with Gasteiger partial charge in [0.15, 0.2) is 0 Å². The van der Waals surface area contributed by atoms with Crippen LogP contribution >= 0.6 is 0 Å². The minimum atomic E-state index is -3.74. The van der Waals surface area contributed by atoms with Crippen LogP contribution in [0.25, 0.3) is 0 Å². The van der Waals surface area contributed by atoms with Crippen molar-refractivity contribution in [3.05, 3.63) is 29.6 Å². The normalized spacial score (nSPS) is 20.1. The van der Waals surface area contributed by atoms with Gasteiger partial charge in [-0.3, -0.25) is 4.90 Å². The maximum Gasteiger partial charge on any atom is 0.241 e. The third-order valence-corrected chi connectivity index (χ3v) is 5.35. The maximum absolute atomic E-state index is 13.3. The lowest BCUT2D eigenvalue weighted by atomic mass is 10.2. The first-order chi connectivity index (χ1) is 10.8. The minimum absolute atomic E-state index is 0.0210. The zero-order valence-corrected chi connectivity index (χ0v) is 14.7. The van der Waals surface area contributed by atoms with Crippen LogP contribution in [0, 0.1) is 18.7 Å². The Kier molecular flexibility index (Phi) is 6.13. The number of benzene rings is 1. The molecule has 23 heavy (non-hydrogen) atoms. The molecule has 2 rings (SSSR count). The van der Waals surface area contributed by atoms with Crippen LogP contribution in [0.4, 0.5) is 4.39 Å². The molecule has 0 aliphatic carbocycles. The molecule has 7 heteroatoms. The summed E-state index contributed by atoms with van der Waals surface area (Å²) in [7, 11) is -3.74. The van der Waals surface area contributed by atoms with E-state index in [1.807, 2.05) is 0 Å². The van der Waals surface area contributed by atoms with E-state index in [9.17, 15) is 12.8 Å². The molecular formula is C16H25FN2O3S. The molecule has 1 saturated heterocycles. The van der Waals surface area contributed by atoms with Crippen molar-refractivity contribution in [3.63, 3.8) is 0 Å². The standard InChI is InChI=1S/C16H25FN2O3S/c1-12(2)10-19-6-7-22-15(11-19)9-18-23(20,21)16-8-14(17)5-4-13(16)3/h4-5,8,12,15,18H,6-7,9-11H2,1-3H3/t15-/m0/s1. The first-order valence-electron chi connectivity index (χ1n) is 7.87. The highest BCUT2D eigenvalue weighted by Gasteiger charge is 2.24. The lowest BCUT2D eigenvalue weighted by Crippen LogP contribution is -2.48. The third-order valence-electron chi connectivity index (χ3n) is 3.79. The summed E-state index contributed by atoms with van der Waals surface area (Å²) in [6.07, 6.45) is -0.189. The number of halogens is 1. The van der Waals surface area contributed by atoms with Gasteiger partial charge in [-0.2, -0.15) is 0 Å². The molecule has 1 aromatic carbocycles. The van der Waals surface area contributed by atoms with Crippen molar-refractivity contribution >= 4 is 10.0 Å². The molecule has 1 N–H and O–H groups in total. The van der Waals surface area contributed by atoms with Gasteiger partial charge in [-0.15, -0.1) is 0 Å². The molecule has 1 aliphatic heterocycles. The molecule has 0 saturated carbocycles. The van der Waals surface area contributed by atoms with Gasteiger partial charge in [-0.25, -0.2) is 17.5 Å². The predicted molar refractivity (Wildman–Crippen MR) is 87.3 cm³/mol. The van der Waals surface area contributed by atoms with Crippen molar-refractivity contribution in [1.29, 1.82) is 0 Å². The largest absolute Gasteiger partial charge is 0.374 e. The second-order valence-corrected chi connectivity index (χ2v) is 8.14. The summed E-state index contributed by atoms with van der Waals surface area (Å²) in [4.78, 5) is 2.26. The fourth-order valence-electron chi connectivity index (χ4n) is 2.73.